The van der Waals surface area contributed by atoms with Crippen LogP contribution >= 0.6 is 0 Å². The normalized spacial score (nSPS) is 22.2. The van der Waals surface area contributed by atoms with Gasteiger partial charge in [0.1, 0.15) is 6.54 Å². The highest BCUT2D eigenvalue weighted by Gasteiger charge is 2.40. The van der Waals surface area contributed by atoms with Gasteiger partial charge in [-0.25, -0.2) is 0 Å². The molecule has 0 aromatic rings. The Morgan fingerprint density at radius 2 is 2.06 bits per heavy atom. The summed E-state index contributed by atoms with van der Waals surface area (Å²) in [7, 11) is 1.67. The van der Waals surface area contributed by atoms with Crippen molar-refractivity contribution in [3.8, 4) is 0 Å². The van der Waals surface area contributed by atoms with Crippen molar-refractivity contribution in [3.63, 3.8) is 0 Å². The lowest BCUT2D eigenvalue weighted by molar-refractivity contribution is -0.150. The van der Waals surface area contributed by atoms with Crippen molar-refractivity contribution in [3.05, 3.63) is 0 Å². The van der Waals surface area contributed by atoms with E-state index in [0.29, 0.717) is 6.61 Å². The van der Waals surface area contributed by atoms with E-state index >= 15 is 0 Å². The summed E-state index contributed by atoms with van der Waals surface area (Å²) in [5, 5.41) is 0. The molecule has 4 nitrogen and oxygen atoms in total. The summed E-state index contributed by atoms with van der Waals surface area (Å²) in [6, 6.07) is 0. The minimum Gasteiger partial charge on any atom is -0.465 e. The number of amides is 1. The first-order valence-electron chi connectivity index (χ1n) is 6.29. The molecule has 0 heterocycles. The molecule has 1 rings (SSSR count). The Bertz CT molecular complexity index is 299. The standard InChI is InChI=1S/C13H23NO3/c1-5-17-11(15)9-14(4)12(16)10-7-6-8-13(10,2)3/h10H,5-9H2,1-4H3. The molecule has 98 valence electrons. The van der Waals surface area contributed by atoms with Crippen molar-refractivity contribution in [2.24, 2.45) is 11.3 Å². The molecule has 1 unspecified atom stereocenters. The lowest BCUT2D eigenvalue weighted by Crippen LogP contribution is -2.40. The van der Waals surface area contributed by atoms with E-state index < -0.39 is 0 Å². The summed E-state index contributed by atoms with van der Waals surface area (Å²) in [4.78, 5) is 25.0. The first kappa shape index (κ1) is 14.0. The molecule has 1 saturated carbocycles. The number of hydrogen-bond acceptors (Lipinski definition) is 3. The van der Waals surface area contributed by atoms with Gasteiger partial charge in [-0.3, -0.25) is 9.59 Å². The van der Waals surface area contributed by atoms with Gasteiger partial charge >= 0.3 is 5.97 Å². The molecule has 1 atom stereocenters. The largest absolute Gasteiger partial charge is 0.465 e. The Morgan fingerprint density at radius 1 is 1.41 bits per heavy atom. The van der Waals surface area contributed by atoms with Crippen molar-refractivity contribution in [2.75, 3.05) is 20.2 Å². The fraction of sp³-hybridized carbons (Fsp3) is 0.846. The average molecular weight is 241 g/mol. The maximum Gasteiger partial charge on any atom is 0.325 e. The molecule has 1 aliphatic carbocycles. The fourth-order valence-corrected chi connectivity index (χ4v) is 2.53. The van der Waals surface area contributed by atoms with E-state index in [9.17, 15) is 9.59 Å². The van der Waals surface area contributed by atoms with Crippen LogP contribution in [0.15, 0.2) is 0 Å². The van der Waals surface area contributed by atoms with E-state index in [1.807, 2.05) is 0 Å². The van der Waals surface area contributed by atoms with E-state index in [1.165, 1.54) is 4.90 Å². The molecule has 0 radical (unpaired) electrons. The molecule has 17 heavy (non-hydrogen) atoms. The van der Waals surface area contributed by atoms with Crippen LogP contribution in [0.5, 0.6) is 0 Å². The minimum absolute atomic E-state index is 0.0435. The Labute approximate surface area is 103 Å². The number of esters is 1. The molecule has 1 amide bonds. The van der Waals surface area contributed by atoms with Gasteiger partial charge in [0.05, 0.1) is 6.61 Å². The summed E-state index contributed by atoms with van der Waals surface area (Å²) in [5.41, 5.74) is 0.0556. The molecule has 0 aromatic heterocycles. The zero-order chi connectivity index (χ0) is 13.1. The van der Waals surface area contributed by atoms with Gasteiger partial charge in [-0.15, -0.1) is 0 Å². The average Bonchev–Trinajstić information content (AvgIpc) is 2.57. The van der Waals surface area contributed by atoms with Crippen molar-refractivity contribution in [1.29, 1.82) is 0 Å². The summed E-state index contributed by atoms with van der Waals surface area (Å²) in [6.45, 7) is 6.43. The highest BCUT2D eigenvalue weighted by molar-refractivity contribution is 5.84. The number of carbonyl (C=O) groups is 2. The van der Waals surface area contributed by atoms with E-state index in [-0.39, 0.29) is 29.8 Å². The predicted octanol–water partition coefficient (Wildman–Crippen LogP) is 1.83. The molecular formula is C13H23NO3. The third kappa shape index (κ3) is 3.45. The number of hydrogen-bond donors (Lipinski definition) is 0. The van der Waals surface area contributed by atoms with Crippen LogP contribution in [-0.2, 0) is 14.3 Å². The number of ether oxygens (including phenoxy) is 1. The van der Waals surface area contributed by atoms with Crippen LogP contribution < -0.4 is 0 Å². The number of carbonyl (C=O) groups excluding carboxylic acids is 2. The SMILES string of the molecule is CCOC(=O)CN(C)C(=O)C1CCCC1(C)C. The highest BCUT2D eigenvalue weighted by Crippen LogP contribution is 2.43. The summed E-state index contributed by atoms with van der Waals surface area (Å²) in [5.74, 6) is -0.221. The van der Waals surface area contributed by atoms with Gasteiger partial charge in [-0.1, -0.05) is 20.3 Å². The second kappa shape index (κ2) is 5.52. The quantitative estimate of drug-likeness (QED) is 0.705. The van der Waals surface area contributed by atoms with E-state index in [4.69, 9.17) is 4.74 Å². The predicted molar refractivity (Wildman–Crippen MR) is 65.4 cm³/mol. The molecule has 0 aliphatic heterocycles. The summed E-state index contributed by atoms with van der Waals surface area (Å²) in [6.07, 6.45) is 3.10. The molecule has 0 bridgehead atoms. The molecule has 0 spiro atoms. The summed E-state index contributed by atoms with van der Waals surface area (Å²) < 4.78 is 4.84. The van der Waals surface area contributed by atoms with Crippen LogP contribution in [0.3, 0.4) is 0 Å². The smallest absolute Gasteiger partial charge is 0.325 e. The van der Waals surface area contributed by atoms with E-state index in [0.717, 1.165) is 19.3 Å². The summed E-state index contributed by atoms with van der Waals surface area (Å²) >= 11 is 0. The minimum atomic E-state index is -0.334. The van der Waals surface area contributed by atoms with Crippen LogP contribution in [-0.4, -0.2) is 37.0 Å². The fourth-order valence-electron chi connectivity index (χ4n) is 2.53. The van der Waals surface area contributed by atoms with E-state index in [2.05, 4.69) is 13.8 Å². The third-order valence-corrected chi connectivity index (χ3v) is 3.60. The van der Waals surface area contributed by atoms with E-state index in [1.54, 1.807) is 14.0 Å². The lowest BCUT2D eigenvalue weighted by atomic mass is 9.81. The van der Waals surface area contributed by atoms with Gasteiger partial charge in [-0.2, -0.15) is 0 Å². The topological polar surface area (TPSA) is 46.6 Å². The molecule has 0 aromatic carbocycles. The van der Waals surface area contributed by atoms with Gasteiger partial charge in [0.15, 0.2) is 0 Å². The van der Waals surface area contributed by atoms with Crippen LogP contribution in [0.4, 0.5) is 0 Å². The lowest BCUT2D eigenvalue weighted by Gasteiger charge is -2.29. The van der Waals surface area contributed by atoms with Gasteiger partial charge in [0, 0.05) is 13.0 Å². The Balaban J connectivity index is 2.55. The first-order valence-corrected chi connectivity index (χ1v) is 6.29. The molecule has 1 fully saturated rings. The van der Waals surface area contributed by atoms with Crippen LogP contribution in [0.1, 0.15) is 40.0 Å². The van der Waals surface area contributed by atoms with Crippen molar-refractivity contribution in [2.45, 2.75) is 40.0 Å². The number of likely N-dealkylation sites (N-methyl/N-ethyl adjacent to an activating group) is 1. The van der Waals surface area contributed by atoms with Gasteiger partial charge in [0.25, 0.3) is 0 Å². The second-order valence-corrected chi connectivity index (χ2v) is 5.43. The maximum atomic E-state index is 12.2. The Kier molecular flexibility index (Phi) is 4.54. The van der Waals surface area contributed by atoms with Crippen LogP contribution in [0.2, 0.25) is 0 Å². The number of rotatable bonds is 4. The number of nitrogens with zero attached hydrogens (tertiary/aromatic N) is 1. The van der Waals surface area contributed by atoms with Gasteiger partial charge in [-0.05, 0) is 25.2 Å². The highest BCUT2D eigenvalue weighted by atomic mass is 16.5. The van der Waals surface area contributed by atoms with Gasteiger partial charge < -0.3 is 9.64 Å². The first-order chi connectivity index (χ1) is 7.88. The Hall–Kier alpha value is -1.06. The molecule has 1 aliphatic rings. The van der Waals surface area contributed by atoms with Crippen molar-refractivity contribution in [1.82, 2.24) is 4.90 Å². The maximum absolute atomic E-state index is 12.2. The third-order valence-electron chi connectivity index (χ3n) is 3.60. The zero-order valence-corrected chi connectivity index (χ0v) is 11.3. The zero-order valence-electron chi connectivity index (χ0n) is 11.3. The van der Waals surface area contributed by atoms with Crippen molar-refractivity contribution < 1.29 is 14.3 Å². The van der Waals surface area contributed by atoms with Crippen LogP contribution in [0, 0.1) is 11.3 Å². The molecule has 4 heteroatoms. The van der Waals surface area contributed by atoms with Crippen molar-refractivity contribution >= 4 is 11.9 Å². The van der Waals surface area contributed by atoms with Gasteiger partial charge in [0.2, 0.25) is 5.91 Å². The molecule has 0 saturated heterocycles. The monoisotopic (exact) mass is 241 g/mol. The second-order valence-electron chi connectivity index (χ2n) is 5.43. The molecular weight excluding hydrogens is 218 g/mol. The molecule has 0 N–H and O–H groups in total. The van der Waals surface area contributed by atoms with Crippen LogP contribution in [0.25, 0.3) is 0 Å². The Morgan fingerprint density at radius 3 is 2.53 bits per heavy atom.